The summed E-state index contributed by atoms with van der Waals surface area (Å²) >= 11 is 0. The third-order valence-electron chi connectivity index (χ3n) is 5.68. The molecule has 0 aliphatic carbocycles. The highest BCUT2D eigenvalue weighted by Gasteiger charge is 2.23. The van der Waals surface area contributed by atoms with Crippen molar-refractivity contribution in [1.82, 2.24) is 4.90 Å². The molecule has 3 aromatic rings. The van der Waals surface area contributed by atoms with E-state index in [1.807, 2.05) is 72.5 Å². The fourth-order valence-electron chi connectivity index (χ4n) is 3.95. The van der Waals surface area contributed by atoms with Gasteiger partial charge in [0.2, 0.25) is 11.8 Å². The molecule has 1 aliphatic heterocycles. The summed E-state index contributed by atoms with van der Waals surface area (Å²) in [7, 11) is 0. The van der Waals surface area contributed by atoms with Crippen molar-refractivity contribution in [1.29, 1.82) is 0 Å². The summed E-state index contributed by atoms with van der Waals surface area (Å²) in [4.78, 5) is 26.2. The van der Waals surface area contributed by atoms with Crippen LogP contribution in [0.1, 0.15) is 43.1 Å². The number of hydrogen-bond donors (Lipinski definition) is 1. The Morgan fingerprint density at radius 1 is 1.10 bits per heavy atom. The number of anilines is 1. The maximum absolute atomic E-state index is 12.8. The predicted molar refractivity (Wildman–Crippen MR) is 117 cm³/mol. The molecule has 1 aromatic heterocycles. The van der Waals surface area contributed by atoms with Gasteiger partial charge in [0.05, 0.1) is 5.92 Å². The van der Waals surface area contributed by atoms with Gasteiger partial charge in [0.25, 0.3) is 0 Å². The van der Waals surface area contributed by atoms with Crippen LogP contribution in [0.3, 0.4) is 0 Å². The number of furan rings is 1. The first-order valence-electron chi connectivity index (χ1n) is 10.4. The number of hydrogen-bond acceptors (Lipinski definition) is 3. The molecule has 5 heteroatoms. The van der Waals surface area contributed by atoms with Crippen molar-refractivity contribution in [2.24, 2.45) is 0 Å². The van der Waals surface area contributed by atoms with Crippen LogP contribution in [0, 0.1) is 0 Å². The zero-order chi connectivity index (χ0) is 21.1. The molecule has 4 rings (SSSR count). The van der Waals surface area contributed by atoms with E-state index in [1.54, 1.807) is 6.92 Å². The van der Waals surface area contributed by atoms with Crippen molar-refractivity contribution < 1.29 is 14.0 Å². The van der Waals surface area contributed by atoms with Gasteiger partial charge < -0.3 is 14.6 Å². The number of nitrogens with one attached hydrogen (secondary N) is 1. The van der Waals surface area contributed by atoms with E-state index >= 15 is 0 Å². The minimum Gasteiger partial charge on any atom is -0.461 e. The van der Waals surface area contributed by atoms with Gasteiger partial charge >= 0.3 is 0 Å². The minimum atomic E-state index is -0.174. The highest BCUT2D eigenvalue weighted by atomic mass is 16.3. The Labute approximate surface area is 176 Å². The number of carbonyl (C=O) groups excluding carboxylic acids is 2. The molecule has 1 atom stereocenters. The van der Waals surface area contributed by atoms with Gasteiger partial charge in [-0.15, -0.1) is 0 Å². The first-order valence-corrected chi connectivity index (χ1v) is 10.4. The van der Waals surface area contributed by atoms with Gasteiger partial charge in [-0.05, 0) is 42.3 Å². The third-order valence-corrected chi connectivity index (χ3v) is 5.68. The lowest BCUT2D eigenvalue weighted by molar-refractivity contribution is -0.129. The summed E-state index contributed by atoms with van der Waals surface area (Å²) in [5.74, 6) is 1.65. The van der Waals surface area contributed by atoms with E-state index in [0.29, 0.717) is 13.1 Å². The molecule has 0 saturated heterocycles. The van der Waals surface area contributed by atoms with E-state index in [-0.39, 0.29) is 17.7 Å². The predicted octanol–water partition coefficient (Wildman–Crippen LogP) is 4.98. The molecule has 0 spiro atoms. The van der Waals surface area contributed by atoms with Crippen molar-refractivity contribution in [2.75, 3.05) is 11.9 Å². The summed E-state index contributed by atoms with van der Waals surface area (Å²) in [5.41, 5.74) is 3.80. The van der Waals surface area contributed by atoms with Crippen molar-refractivity contribution >= 4 is 17.5 Å². The molecule has 1 aliphatic rings. The number of fused-ring (bicyclic) bond motifs is 1. The number of carbonyl (C=O) groups is 2. The van der Waals surface area contributed by atoms with Crippen LogP contribution in [0.2, 0.25) is 0 Å². The van der Waals surface area contributed by atoms with E-state index in [1.165, 1.54) is 0 Å². The monoisotopic (exact) mass is 402 g/mol. The number of rotatable bonds is 5. The molecule has 0 radical (unpaired) electrons. The molecule has 2 aromatic carbocycles. The van der Waals surface area contributed by atoms with Gasteiger partial charge in [-0.2, -0.15) is 0 Å². The van der Waals surface area contributed by atoms with Crippen molar-refractivity contribution in [3.05, 3.63) is 77.6 Å². The summed E-state index contributed by atoms with van der Waals surface area (Å²) in [6, 6.07) is 19.6. The molecule has 30 heavy (non-hydrogen) atoms. The second-order valence-electron chi connectivity index (χ2n) is 7.69. The SMILES string of the molecule is CC[C@H](C(=O)Nc1ccc(-c2cc3c(o2)CCN(C(C)=O)C3)cc1)c1ccccc1. The molecule has 0 saturated carbocycles. The number of benzene rings is 2. The van der Waals surface area contributed by atoms with E-state index in [9.17, 15) is 9.59 Å². The topological polar surface area (TPSA) is 62.6 Å². The Kier molecular flexibility index (Phi) is 5.70. The average Bonchev–Trinajstić information content (AvgIpc) is 3.19. The molecule has 1 N–H and O–H groups in total. The molecule has 2 amide bonds. The number of nitrogens with zero attached hydrogens (tertiary/aromatic N) is 1. The summed E-state index contributed by atoms with van der Waals surface area (Å²) < 4.78 is 6.03. The van der Waals surface area contributed by atoms with Crippen LogP contribution in [0.15, 0.2) is 65.1 Å². The van der Waals surface area contributed by atoms with Crippen molar-refractivity contribution in [3.8, 4) is 11.3 Å². The molecule has 154 valence electrons. The van der Waals surface area contributed by atoms with Crippen LogP contribution >= 0.6 is 0 Å². The summed E-state index contributed by atoms with van der Waals surface area (Å²) in [5, 5.41) is 3.02. The first kappa shape index (κ1) is 20.0. The number of amides is 2. The Morgan fingerprint density at radius 3 is 2.50 bits per heavy atom. The molecule has 2 heterocycles. The summed E-state index contributed by atoms with van der Waals surface area (Å²) in [6.45, 7) is 4.91. The molecule has 0 bridgehead atoms. The van der Waals surface area contributed by atoms with Gasteiger partial charge in [0.15, 0.2) is 0 Å². The van der Waals surface area contributed by atoms with Crippen LogP contribution in [0.5, 0.6) is 0 Å². The second-order valence-corrected chi connectivity index (χ2v) is 7.69. The fourth-order valence-corrected chi connectivity index (χ4v) is 3.95. The summed E-state index contributed by atoms with van der Waals surface area (Å²) in [6.07, 6.45) is 1.48. The molecular formula is C25H26N2O3. The first-order chi connectivity index (χ1) is 14.5. The Bertz CT molecular complexity index is 1040. The van der Waals surface area contributed by atoms with Gasteiger partial charge in [-0.3, -0.25) is 9.59 Å². The lowest BCUT2D eigenvalue weighted by atomic mass is 9.95. The standard InChI is InChI=1S/C25H26N2O3/c1-3-22(18-7-5-4-6-8-18)25(29)26-21-11-9-19(10-12-21)24-15-20-16-27(17(2)28)14-13-23(20)30-24/h4-12,15,22H,3,13-14,16H2,1-2H3,(H,26,29)/t22-/m0/s1. The lowest BCUT2D eigenvalue weighted by Crippen LogP contribution is -2.33. The van der Waals surface area contributed by atoms with Gasteiger partial charge in [-0.25, -0.2) is 0 Å². The smallest absolute Gasteiger partial charge is 0.231 e. The van der Waals surface area contributed by atoms with Crippen LogP contribution in [-0.2, 0) is 22.6 Å². The highest BCUT2D eigenvalue weighted by molar-refractivity contribution is 5.96. The quantitative estimate of drug-likeness (QED) is 0.654. The molecule has 0 fully saturated rings. The molecule has 5 nitrogen and oxygen atoms in total. The van der Waals surface area contributed by atoms with Crippen LogP contribution < -0.4 is 5.32 Å². The highest BCUT2D eigenvalue weighted by Crippen LogP contribution is 2.30. The van der Waals surface area contributed by atoms with Crippen LogP contribution in [0.25, 0.3) is 11.3 Å². The largest absolute Gasteiger partial charge is 0.461 e. The molecular weight excluding hydrogens is 376 g/mol. The fraction of sp³-hybridized carbons (Fsp3) is 0.280. The van der Waals surface area contributed by atoms with Crippen LogP contribution in [-0.4, -0.2) is 23.3 Å². The van der Waals surface area contributed by atoms with Crippen molar-refractivity contribution in [3.63, 3.8) is 0 Å². The van der Waals surface area contributed by atoms with E-state index in [0.717, 1.165) is 46.7 Å². The average molecular weight is 402 g/mol. The Morgan fingerprint density at radius 2 is 1.83 bits per heavy atom. The van der Waals surface area contributed by atoms with E-state index in [4.69, 9.17) is 4.42 Å². The zero-order valence-electron chi connectivity index (χ0n) is 17.4. The van der Waals surface area contributed by atoms with E-state index < -0.39 is 0 Å². The maximum atomic E-state index is 12.8. The van der Waals surface area contributed by atoms with Gasteiger partial charge in [0, 0.05) is 43.2 Å². The minimum absolute atomic E-state index is 0.00534. The maximum Gasteiger partial charge on any atom is 0.231 e. The third kappa shape index (κ3) is 4.15. The van der Waals surface area contributed by atoms with E-state index in [2.05, 4.69) is 5.32 Å². The van der Waals surface area contributed by atoms with Crippen LogP contribution in [0.4, 0.5) is 5.69 Å². The Balaban J connectivity index is 1.46. The Hall–Kier alpha value is -3.34. The molecule has 0 unspecified atom stereocenters. The normalized spacial score (nSPS) is 14.1. The second kappa shape index (κ2) is 8.57. The van der Waals surface area contributed by atoms with Gasteiger partial charge in [-0.1, -0.05) is 37.3 Å². The van der Waals surface area contributed by atoms with Crippen molar-refractivity contribution in [2.45, 2.75) is 39.2 Å². The lowest BCUT2D eigenvalue weighted by Gasteiger charge is -2.24. The van der Waals surface area contributed by atoms with Gasteiger partial charge in [0.1, 0.15) is 11.5 Å². The zero-order valence-corrected chi connectivity index (χ0v) is 17.4.